The third kappa shape index (κ3) is 2.55. The molecule has 0 bridgehead atoms. The monoisotopic (exact) mass is 277 g/mol. The van der Waals surface area contributed by atoms with Gasteiger partial charge in [0.15, 0.2) is 0 Å². The average molecular weight is 277 g/mol. The molecule has 3 aromatic rings. The Bertz CT molecular complexity index is 765. The molecule has 2 aromatic carbocycles. The van der Waals surface area contributed by atoms with E-state index in [2.05, 4.69) is 25.1 Å². The highest BCUT2D eigenvalue weighted by Gasteiger charge is 2.15. The van der Waals surface area contributed by atoms with Gasteiger partial charge < -0.3 is 5.11 Å². The number of rotatable bonds is 3. The number of nitrogens with zero attached hydrogens (tertiary/aromatic N) is 1. The van der Waals surface area contributed by atoms with E-state index in [0.29, 0.717) is 6.42 Å². The van der Waals surface area contributed by atoms with E-state index in [1.54, 1.807) is 0 Å². The van der Waals surface area contributed by atoms with E-state index in [1.807, 2.05) is 43.3 Å². The average Bonchev–Trinajstić information content (AvgIpc) is 2.54. The summed E-state index contributed by atoms with van der Waals surface area (Å²) in [6, 6.07) is 18.3. The number of hydrogen-bond acceptors (Lipinski definition) is 2. The fraction of sp³-hybridized carbons (Fsp3) is 0.211. The Morgan fingerprint density at radius 3 is 2.52 bits per heavy atom. The molecule has 0 amide bonds. The zero-order valence-corrected chi connectivity index (χ0v) is 12.4. The predicted octanol–water partition coefficient (Wildman–Crippen LogP) is 4.65. The van der Waals surface area contributed by atoms with E-state index in [-0.39, 0.29) is 0 Å². The van der Waals surface area contributed by atoms with Crippen molar-refractivity contribution in [2.75, 3.05) is 0 Å². The molecule has 1 aromatic heterocycles. The highest BCUT2D eigenvalue weighted by atomic mass is 16.3. The van der Waals surface area contributed by atoms with Crippen LogP contribution in [-0.2, 0) is 0 Å². The minimum Gasteiger partial charge on any atom is -0.388 e. The largest absolute Gasteiger partial charge is 0.388 e. The lowest BCUT2D eigenvalue weighted by Gasteiger charge is -2.15. The summed E-state index contributed by atoms with van der Waals surface area (Å²) in [6.07, 6.45) is 0.191. The van der Waals surface area contributed by atoms with Crippen LogP contribution in [0.3, 0.4) is 0 Å². The van der Waals surface area contributed by atoms with Gasteiger partial charge in [-0.05, 0) is 25.0 Å². The molecular formula is C19H19NO. The van der Waals surface area contributed by atoms with Crippen LogP contribution >= 0.6 is 0 Å². The Labute approximate surface area is 125 Å². The molecule has 0 saturated carbocycles. The summed E-state index contributed by atoms with van der Waals surface area (Å²) in [7, 11) is 0. The van der Waals surface area contributed by atoms with E-state index in [9.17, 15) is 5.11 Å². The molecule has 3 rings (SSSR count). The summed E-state index contributed by atoms with van der Waals surface area (Å²) in [6.45, 7) is 4.06. The summed E-state index contributed by atoms with van der Waals surface area (Å²) >= 11 is 0. The molecule has 106 valence electrons. The molecule has 1 heterocycles. The van der Waals surface area contributed by atoms with Crippen molar-refractivity contribution in [2.45, 2.75) is 26.4 Å². The van der Waals surface area contributed by atoms with Crippen LogP contribution < -0.4 is 0 Å². The van der Waals surface area contributed by atoms with Crippen molar-refractivity contribution < 1.29 is 5.11 Å². The molecule has 0 radical (unpaired) electrons. The third-order valence-corrected chi connectivity index (χ3v) is 3.87. The standard InChI is InChI=1S/C19H19NO/c1-3-17(21)16-12-15-11-7-8-13(2)18(15)20-19(16)14-9-5-4-6-10-14/h4-12,17,21H,3H2,1-2H3. The summed E-state index contributed by atoms with van der Waals surface area (Å²) in [5.41, 5.74) is 4.99. The molecule has 0 aliphatic heterocycles. The topological polar surface area (TPSA) is 33.1 Å². The molecule has 2 nitrogen and oxygen atoms in total. The van der Waals surface area contributed by atoms with Crippen molar-refractivity contribution in [1.29, 1.82) is 0 Å². The van der Waals surface area contributed by atoms with Crippen LogP contribution in [0.15, 0.2) is 54.6 Å². The number of aryl methyl sites for hydroxylation is 1. The summed E-state index contributed by atoms with van der Waals surface area (Å²) < 4.78 is 0. The smallest absolute Gasteiger partial charge is 0.0808 e. The van der Waals surface area contributed by atoms with Gasteiger partial charge in [0.25, 0.3) is 0 Å². The number of aromatic nitrogens is 1. The fourth-order valence-corrected chi connectivity index (χ4v) is 2.66. The van der Waals surface area contributed by atoms with E-state index in [4.69, 9.17) is 4.98 Å². The molecular weight excluding hydrogens is 258 g/mol. The van der Waals surface area contributed by atoms with E-state index in [0.717, 1.165) is 33.3 Å². The molecule has 0 spiro atoms. The molecule has 1 unspecified atom stereocenters. The second-order valence-electron chi connectivity index (χ2n) is 5.36. The number of pyridine rings is 1. The highest BCUT2D eigenvalue weighted by Crippen LogP contribution is 2.31. The molecule has 0 aliphatic carbocycles. The Hall–Kier alpha value is -2.19. The maximum atomic E-state index is 10.4. The summed E-state index contributed by atoms with van der Waals surface area (Å²) in [4.78, 5) is 4.85. The van der Waals surface area contributed by atoms with Crippen LogP contribution in [0.4, 0.5) is 0 Å². The van der Waals surface area contributed by atoms with Gasteiger partial charge in [0.2, 0.25) is 0 Å². The first kappa shape index (κ1) is 13.8. The third-order valence-electron chi connectivity index (χ3n) is 3.87. The molecule has 1 N–H and O–H groups in total. The first-order valence-electron chi connectivity index (χ1n) is 7.34. The lowest BCUT2D eigenvalue weighted by Crippen LogP contribution is -2.01. The van der Waals surface area contributed by atoms with Crippen LogP contribution in [0.25, 0.3) is 22.2 Å². The maximum absolute atomic E-state index is 10.4. The molecule has 0 fully saturated rings. The number of aliphatic hydroxyl groups excluding tert-OH is 1. The van der Waals surface area contributed by atoms with Crippen molar-refractivity contribution in [1.82, 2.24) is 4.98 Å². The summed E-state index contributed by atoms with van der Waals surface area (Å²) in [5, 5.41) is 11.4. The molecule has 2 heteroatoms. The van der Waals surface area contributed by atoms with Crippen LogP contribution in [0, 0.1) is 6.92 Å². The Balaban J connectivity index is 2.31. The number of benzene rings is 2. The van der Waals surface area contributed by atoms with Crippen molar-refractivity contribution in [3.63, 3.8) is 0 Å². The first-order valence-corrected chi connectivity index (χ1v) is 7.34. The Kier molecular flexibility index (Phi) is 3.72. The van der Waals surface area contributed by atoms with Gasteiger partial charge in [0, 0.05) is 16.5 Å². The van der Waals surface area contributed by atoms with Gasteiger partial charge in [0.05, 0.1) is 17.3 Å². The SMILES string of the molecule is CCC(O)c1cc2cccc(C)c2nc1-c1ccccc1. The lowest BCUT2D eigenvalue weighted by molar-refractivity contribution is 0.174. The van der Waals surface area contributed by atoms with E-state index >= 15 is 0 Å². The first-order chi connectivity index (χ1) is 10.2. The van der Waals surface area contributed by atoms with Gasteiger partial charge in [0.1, 0.15) is 0 Å². The number of aliphatic hydroxyl groups is 1. The number of fused-ring (bicyclic) bond motifs is 1. The van der Waals surface area contributed by atoms with Crippen molar-refractivity contribution in [3.05, 3.63) is 65.7 Å². The van der Waals surface area contributed by atoms with Crippen molar-refractivity contribution >= 4 is 10.9 Å². The zero-order chi connectivity index (χ0) is 14.8. The van der Waals surface area contributed by atoms with Crippen LogP contribution in [-0.4, -0.2) is 10.1 Å². The van der Waals surface area contributed by atoms with Gasteiger partial charge in [-0.1, -0.05) is 55.5 Å². The summed E-state index contributed by atoms with van der Waals surface area (Å²) in [5.74, 6) is 0. The van der Waals surface area contributed by atoms with Gasteiger partial charge in [-0.25, -0.2) is 4.98 Å². The quantitative estimate of drug-likeness (QED) is 0.755. The Morgan fingerprint density at radius 1 is 1.05 bits per heavy atom. The van der Waals surface area contributed by atoms with Crippen molar-refractivity contribution in [3.8, 4) is 11.3 Å². The van der Waals surface area contributed by atoms with E-state index < -0.39 is 6.10 Å². The van der Waals surface area contributed by atoms with Gasteiger partial charge in [-0.15, -0.1) is 0 Å². The van der Waals surface area contributed by atoms with Gasteiger partial charge in [-0.3, -0.25) is 0 Å². The normalized spacial score (nSPS) is 12.5. The van der Waals surface area contributed by atoms with Crippen LogP contribution in [0.5, 0.6) is 0 Å². The molecule has 21 heavy (non-hydrogen) atoms. The van der Waals surface area contributed by atoms with Crippen LogP contribution in [0.1, 0.15) is 30.6 Å². The van der Waals surface area contributed by atoms with Gasteiger partial charge in [-0.2, -0.15) is 0 Å². The minimum atomic E-state index is -0.488. The second-order valence-corrected chi connectivity index (χ2v) is 5.36. The van der Waals surface area contributed by atoms with E-state index in [1.165, 1.54) is 0 Å². The number of hydrogen-bond donors (Lipinski definition) is 1. The highest BCUT2D eigenvalue weighted by molar-refractivity contribution is 5.86. The Morgan fingerprint density at radius 2 is 1.81 bits per heavy atom. The van der Waals surface area contributed by atoms with Gasteiger partial charge >= 0.3 is 0 Å². The number of para-hydroxylation sites is 1. The van der Waals surface area contributed by atoms with Crippen LogP contribution in [0.2, 0.25) is 0 Å². The second kappa shape index (κ2) is 5.66. The minimum absolute atomic E-state index is 0.488. The molecule has 1 atom stereocenters. The fourth-order valence-electron chi connectivity index (χ4n) is 2.66. The maximum Gasteiger partial charge on any atom is 0.0808 e. The molecule has 0 aliphatic rings. The van der Waals surface area contributed by atoms with Crippen molar-refractivity contribution in [2.24, 2.45) is 0 Å². The lowest BCUT2D eigenvalue weighted by atomic mass is 9.97. The predicted molar refractivity (Wildman–Crippen MR) is 87.2 cm³/mol. The zero-order valence-electron chi connectivity index (χ0n) is 12.4. The molecule has 0 saturated heterocycles.